The summed E-state index contributed by atoms with van der Waals surface area (Å²) in [5.41, 5.74) is 1.44. The predicted molar refractivity (Wildman–Crippen MR) is 48.3 cm³/mol. The molecule has 0 amide bonds. The Morgan fingerprint density at radius 1 is 1.58 bits per heavy atom. The van der Waals surface area contributed by atoms with Crippen LogP contribution in [0.4, 0.5) is 0 Å². The third kappa shape index (κ3) is 1.74. The van der Waals surface area contributed by atoms with Crippen molar-refractivity contribution in [1.29, 1.82) is 0 Å². The number of ether oxygens (including phenoxy) is 1. The quantitative estimate of drug-likeness (QED) is 0.707. The minimum Gasteiger partial charge on any atom is -0.494 e. The van der Waals surface area contributed by atoms with Crippen LogP contribution in [0.25, 0.3) is 5.57 Å². The lowest BCUT2D eigenvalue weighted by molar-refractivity contribution is 0.410. The summed E-state index contributed by atoms with van der Waals surface area (Å²) in [6.07, 6.45) is 0. The van der Waals surface area contributed by atoms with Crippen molar-refractivity contribution in [2.24, 2.45) is 0 Å². The highest BCUT2D eigenvalue weighted by molar-refractivity contribution is 6.29. The van der Waals surface area contributed by atoms with Gasteiger partial charge in [-0.15, -0.1) is 10.2 Å². The van der Waals surface area contributed by atoms with Crippen LogP contribution in [0.15, 0.2) is 12.6 Å². The van der Waals surface area contributed by atoms with Crippen molar-refractivity contribution in [3.63, 3.8) is 0 Å². The van der Waals surface area contributed by atoms with Crippen LogP contribution in [-0.4, -0.2) is 17.3 Å². The molecule has 1 aromatic rings. The molecule has 0 aliphatic carbocycles. The molecular weight excluding hydrogens is 176 g/mol. The first-order valence-electron chi connectivity index (χ1n) is 3.38. The standard InChI is InChI=1S/C8H9ClN2O/c1-5(2)8-6(12-3)4-7(9)10-11-8/h4H,1H2,2-3H3. The molecule has 0 fully saturated rings. The molecule has 64 valence electrons. The summed E-state index contributed by atoms with van der Waals surface area (Å²) < 4.78 is 5.04. The molecule has 0 saturated heterocycles. The Hall–Kier alpha value is -1.09. The van der Waals surface area contributed by atoms with E-state index in [0.29, 0.717) is 16.6 Å². The maximum atomic E-state index is 5.62. The molecule has 3 nitrogen and oxygen atoms in total. The Labute approximate surface area is 76.0 Å². The van der Waals surface area contributed by atoms with Gasteiger partial charge in [-0.05, 0) is 12.5 Å². The Morgan fingerprint density at radius 2 is 2.25 bits per heavy atom. The second kappa shape index (κ2) is 3.54. The number of allylic oxidation sites excluding steroid dienone is 1. The highest BCUT2D eigenvalue weighted by Crippen LogP contribution is 2.23. The van der Waals surface area contributed by atoms with Gasteiger partial charge >= 0.3 is 0 Å². The summed E-state index contributed by atoms with van der Waals surface area (Å²) in [4.78, 5) is 0. The lowest BCUT2D eigenvalue weighted by atomic mass is 10.2. The third-order valence-electron chi connectivity index (χ3n) is 1.35. The van der Waals surface area contributed by atoms with Crippen molar-refractivity contribution in [2.45, 2.75) is 6.92 Å². The molecule has 0 bridgehead atoms. The monoisotopic (exact) mass is 184 g/mol. The minimum atomic E-state index is 0.317. The van der Waals surface area contributed by atoms with Crippen molar-refractivity contribution in [3.8, 4) is 5.75 Å². The molecule has 1 heterocycles. The summed E-state index contributed by atoms with van der Waals surface area (Å²) in [6.45, 7) is 5.57. The summed E-state index contributed by atoms with van der Waals surface area (Å²) >= 11 is 5.62. The first-order valence-corrected chi connectivity index (χ1v) is 3.76. The largest absolute Gasteiger partial charge is 0.494 e. The van der Waals surface area contributed by atoms with Crippen molar-refractivity contribution >= 4 is 17.2 Å². The molecule has 12 heavy (non-hydrogen) atoms. The summed E-state index contributed by atoms with van der Waals surface area (Å²) in [7, 11) is 1.56. The first kappa shape index (κ1) is 9.00. The van der Waals surface area contributed by atoms with Crippen LogP contribution in [-0.2, 0) is 0 Å². The number of rotatable bonds is 2. The molecule has 0 unspecified atom stereocenters. The molecule has 0 aromatic carbocycles. The number of hydrogen-bond acceptors (Lipinski definition) is 3. The van der Waals surface area contributed by atoms with E-state index >= 15 is 0 Å². The van der Waals surface area contributed by atoms with E-state index in [1.807, 2.05) is 6.92 Å². The van der Waals surface area contributed by atoms with Gasteiger partial charge in [-0.3, -0.25) is 0 Å². The van der Waals surface area contributed by atoms with Crippen LogP contribution < -0.4 is 4.74 Å². The summed E-state index contributed by atoms with van der Waals surface area (Å²) in [5, 5.41) is 7.84. The molecule has 0 spiro atoms. The second-order valence-corrected chi connectivity index (χ2v) is 2.75. The van der Waals surface area contributed by atoms with Gasteiger partial charge in [0.1, 0.15) is 11.4 Å². The average Bonchev–Trinajstić information content (AvgIpc) is 2.03. The molecule has 0 aliphatic heterocycles. The first-order chi connectivity index (χ1) is 5.65. The fraction of sp³-hybridized carbons (Fsp3) is 0.250. The number of hydrogen-bond donors (Lipinski definition) is 0. The van der Waals surface area contributed by atoms with Crippen LogP contribution in [0.1, 0.15) is 12.6 Å². The summed E-state index contributed by atoms with van der Waals surface area (Å²) in [6, 6.07) is 1.61. The van der Waals surface area contributed by atoms with Crippen molar-refractivity contribution < 1.29 is 4.74 Å². The van der Waals surface area contributed by atoms with E-state index in [4.69, 9.17) is 16.3 Å². The fourth-order valence-corrected chi connectivity index (χ4v) is 0.941. The van der Waals surface area contributed by atoms with Crippen LogP contribution in [0.5, 0.6) is 5.75 Å². The third-order valence-corrected chi connectivity index (χ3v) is 1.54. The zero-order valence-corrected chi connectivity index (χ0v) is 7.72. The lowest BCUT2D eigenvalue weighted by Crippen LogP contribution is -1.95. The van der Waals surface area contributed by atoms with Gasteiger partial charge in [0.25, 0.3) is 0 Å². The molecule has 4 heteroatoms. The number of halogens is 1. The zero-order chi connectivity index (χ0) is 9.14. The van der Waals surface area contributed by atoms with Crippen LogP contribution >= 0.6 is 11.6 Å². The molecular formula is C8H9ClN2O. The van der Waals surface area contributed by atoms with E-state index < -0.39 is 0 Å². The van der Waals surface area contributed by atoms with E-state index in [1.165, 1.54) is 0 Å². The molecule has 0 aliphatic rings. The fourth-order valence-electron chi connectivity index (χ4n) is 0.804. The second-order valence-electron chi connectivity index (χ2n) is 2.36. The Kier molecular flexibility index (Phi) is 2.65. The van der Waals surface area contributed by atoms with E-state index in [9.17, 15) is 0 Å². The number of methoxy groups -OCH3 is 1. The maximum absolute atomic E-state index is 5.62. The van der Waals surface area contributed by atoms with Gasteiger partial charge in [-0.2, -0.15) is 0 Å². The topological polar surface area (TPSA) is 35.0 Å². The van der Waals surface area contributed by atoms with Gasteiger partial charge in [0.2, 0.25) is 0 Å². The zero-order valence-electron chi connectivity index (χ0n) is 6.97. The van der Waals surface area contributed by atoms with Gasteiger partial charge in [0.15, 0.2) is 5.15 Å². The van der Waals surface area contributed by atoms with Crippen LogP contribution in [0.2, 0.25) is 5.15 Å². The Morgan fingerprint density at radius 3 is 2.75 bits per heavy atom. The number of nitrogens with zero attached hydrogens (tertiary/aromatic N) is 2. The molecule has 0 atom stereocenters. The highest BCUT2D eigenvalue weighted by atomic mass is 35.5. The highest BCUT2D eigenvalue weighted by Gasteiger charge is 2.06. The van der Waals surface area contributed by atoms with Crippen molar-refractivity contribution in [2.75, 3.05) is 7.11 Å². The molecule has 1 rings (SSSR count). The van der Waals surface area contributed by atoms with Crippen molar-refractivity contribution in [1.82, 2.24) is 10.2 Å². The minimum absolute atomic E-state index is 0.317. The predicted octanol–water partition coefficient (Wildman–Crippen LogP) is 2.17. The summed E-state index contributed by atoms with van der Waals surface area (Å²) in [5.74, 6) is 0.600. The van der Waals surface area contributed by atoms with Gasteiger partial charge in [-0.25, -0.2) is 0 Å². The van der Waals surface area contributed by atoms with Gasteiger partial charge < -0.3 is 4.74 Å². The average molecular weight is 185 g/mol. The van der Waals surface area contributed by atoms with Crippen LogP contribution in [0.3, 0.4) is 0 Å². The van der Waals surface area contributed by atoms with E-state index in [1.54, 1.807) is 13.2 Å². The Balaban J connectivity index is 3.20. The Bertz CT molecular complexity index is 312. The van der Waals surface area contributed by atoms with Crippen molar-refractivity contribution in [3.05, 3.63) is 23.5 Å². The lowest BCUT2D eigenvalue weighted by Gasteiger charge is -2.05. The normalized spacial score (nSPS) is 9.58. The van der Waals surface area contributed by atoms with Crippen LogP contribution in [0, 0.1) is 0 Å². The van der Waals surface area contributed by atoms with E-state index in [2.05, 4.69) is 16.8 Å². The van der Waals surface area contributed by atoms with Gasteiger partial charge in [-0.1, -0.05) is 18.2 Å². The van der Waals surface area contributed by atoms with E-state index in [-0.39, 0.29) is 0 Å². The molecule has 0 saturated carbocycles. The molecule has 0 N–H and O–H groups in total. The number of aromatic nitrogens is 2. The maximum Gasteiger partial charge on any atom is 0.155 e. The SMILES string of the molecule is C=C(C)c1nnc(Cl)cc1OC. The van der Waals surface area contributed by atoms with Gasteiger partial charge in [0.05, 0.1) is 7.11 Å². The molecule has 1 aromatic heterocycles. The smallest absolute Gasteiger partial charge is 0.155 e. The molecule has 0 radical (unpaired) electrons. The van der Waals surface area contributed by atoms with Gasteiger partial charge in [0, 0.05) is 6.07 Å². The van der Waals surface area contributed by atoms with E-state index in [0.717, 1.165) is 5.57 Å².